The van der Waals surface area contributed by atoms with Crippen molar-refractivity contribution in [2.45, 2.75) is 37.5 Å². The summed E-state index contributed by atoms with van der Waals surface area (Å²) in [6.45, 7) is 10.4. The van der Waals surface area contributed by atoms with Crippen LogP contribution in [0.5, 0.6) is 0 Å². The summed E-state index contributed by atoms with van der Waals surface area (Å²) in [7, 11) is -3.37. The molecule has 1 unspecified atom stereocenters. The minimum Gasteiger partial charge on any atom is -0.316 e. The van der Waals surface area contributed by atoms with E-state index in [9.17, 15) is 8.42 Å². The van der Waals surface area contributed by atoms with Gasteiger partial charge < -0.3 is 10.2 Å². The Bertz CT molecular complexity index is 644. The van der Waals surface area contributed by atoms with Crippen molar-refractivity contribution < 1.29 is 8.42 Å². The van der Waals surface area contributed by atoms with Crippen molar-refractivity contribution in [3.63, 3.8) is 0 Å². The first-order chi connectivity index (χ1) is 12.0. The maximum atomic E-state index is 12.9. The molecule has 1 aromatic rings. The molecule has 2 aliphatic rings. The van der Waals surface area contributed by atoms with E-state index in [1.807, 2.05) is 12.1 Å². The topological polar surface area (TPSA) is 52.7 Å². The molecule has 2 aliphatic heterocycles. The largest absolute Gasteiger partial charge is 0.316 e. The fourth-order valence-electron chi connectivity index (χ4n) is 3.77. The average Bonchev–Trinajstić information content (AvgIpc) is 2.63. The fraction of sp³-hybridized carbons (Fsp3) is 0.684. The Morgan fingerprint density at radius 2 is 1.80 bits per heavy atom. The van der Waals surface area contributed by atoms with Gasteiger partial charge in [0.05, 0.1) is 4.90 Å². The van der Waals surface area contributed by atoms with Crippen molar-refractivity contribution in [1.82, 2.24) is 14.5 Å². The highest BCUT2D eigenvalue weighted by Gasteiger charge is 2.29. The first-order valence-electron chi connectivity index (χ1n) is 9.50. The predicted molar refractivity (Wildman–Crippen MR) is 101 cm³/mol. The van der Waals surface area contributed by atoms with Crippen molar-refractivity contribution in [3.8, 4) is 0 Å². The molecule has 5 nitrogen and oxygen atoms in total. The molecule has 3 rings (SSSR count). The summed E-state index contributed by atoms with van der Waals surface area (Å²) in [5.41, 5.74) is 1.17. The third kappa shape index (κ3) is 4.61. The molecule has 2 heterocycles. The van der Waals surface area contributed by atoms with Gasteiger partial charge in [0.1, 0.15) is 0 Å². The first-order valence-corrected chi connectivity index (χ1v) is 10.9. The summed E-state index contributed by atoms with van der Waals surface area (Å²) >= 11 is 0. The van der Waals surface area contributed by atoms with E-state index in [-0.39, 0.29) is 0 Å². The van der Waals surface area contributed by atoms with Crippen molar-refractivity contribution in [1.29, 1.82) is 0 Å². The minimum absolute atomic E-state index is 0.412. The van der Waals surface area contributed by atoms with Gasteiger partial charge in [-0.3, -0.25) is 0 Å². The van der Waals surface area contributed by atoms with Crippen LogP contribution < -0.4 is 5.32 Å². The van der Waals surface area contributed by atoms with E-state index in [4.69, 9.17) is 0 Å². The van der Waals surface area contributed by atoms with E-state index in [1.54, 1.807) is 16.4 Å². The van der Waals surface area contributed by atoms with Gasteiger partial charge in [-0.25, -0.2) is 8.42 Å². The fourth-order valence-corrected chi connectivity index (χ4v) is 5.19. The lowest BCUT2D eigenvalue weighted by Gasteiger charge is -2.36. The third-order valence-corrected chi connectivity index (χ3v) is 7.34. The van der Waals surface area contributed by atoms with Gasteiger partial charge in [0.25, 0.3) is 0 Å². The first kappa shape index (κ1) is 18.8. The van der Waals surface area contributed by atoms with E-state index < -0.39 is 10.0 Å². The van der Waals surface area contributed by atoms with Crippen LogP contribution in [-0.2, 0) is 10.0 Å². The smallest absolute Gasteiger partial charge is 0.243 e. The lowest BCUT2D eigenvalue weighted by atomic mass is 9.99. The van der Waals surface area contributed by atoms with Crippen LogP contribution in [0.4, 0.5) is 0 Å². The van der Waals surface area contributed by atoms with E-state index in [2.05, 4.69) is 24.1 Å². The van der Waals surface area contributed by atoms with Crippen LogP contribution in [0.15, 0.2) is 29.2 Å². The molecule has 0 aliphatic carbocycles. The third-order valence-electron chi connectivity index (χ3n) is 5.43. The highest BCUT2D eigenvalue weighted by atomic mass is 32.2. The summed E-state index contributed by atoms with van der Waals surface area (Å²) in [4.78, 5) is 2.84. The zero-order valence-corrected chi connectivity index (χ0v) is 16.3. The SMILES string of the molecule is CC(C)c1ccc(S(=O)(=O)N2CCN(CC3CCCNC3)CC2)cc1. The summed E-state index contributed by atoms with van der Waals surface area (Å²) in [6, 6.07) is 7.38. The van der Waals surface area contributed by atoms with Gasteiger partial charge in [-0.1, -0.05) is 26.0 Å². The Morgan fingerprint density at radius 1 is 1.12 bits per heavy atom. The molecule has 0 spiro atoms. The molecule has 1 atom stereocenters. The number of rotatable bonds is 5. The molecule has 25 heavy (non-hydrogen) atoms. The molecule has 0 bridgehead atoms. The zero-order valence-electron chi connectivity index (χ0n) is 15.4. The Kier molecular flexibility index (Phi) is 6.15. The Labute approximate surface area is 152 Å². The Balaban J connectivity index is 1.57. The lowest BCUT2D eigenvalue weighted by molar-refractivity contribution is 0.154. The van der Waals surface area contributed by atoms with Crippen LogP contribution in [0, 0.1) is 5.92 Å². The molecule has 2 saturated heterocycles. The number of sulfonamides is 1. The van der Waals surface area contributed by atoms with E-state index in [1.165, 1.54) is 18.4 Å². The summed E-state index contributed by atoms with van der Waals surface area (Å²) in [5, 5.41) is 3.46. The van der Waals surface area contributed by atoms with Gasteiger partial charge in [0.15, 0.2) is 0 Å². The van der Waals surface area contributed by atoms with Gasteiger partial charge in [-0.15, -0.1) is 0 Å². The molecule has 0 aromatic heterocycles. The standard InChI is InChI=1S/C19H31N3O2S/c1-16(2)18-5-7-19(8-6-18)25(23,24)22-12-10-21(11-13-22)15-17-4-3-9-20-14-17/h5-8,16-17,20H,3-4,9-15H2,1-2H3. The summed E-state index contributed by atoms with van der Waals surface area (Å²) in [5.74, 6) is 1.12. The highest BCUT2D eigenvalue weighted by molar-refractivity contribution is 7.89. The second-order valence-electron chi connectivity index (χ2n) is 7.64. The summed E-state index contributed by atoms with van der Waals surface area (Å²) < 4.78 is 27.4. The van der Waals surface area contributed by atoms with Gasteiger partial charge in [0.2, 0.25) is 10.0 Å². The molecule has 0 amide bonds. The average molecular weight is 366 g/mol. The molecule has 0 saturated carbocycles. The van der Waals surface area contributed by atoms with Crippen LogP contribution in [0.2, 0.25) is 0 Å². The molecule has 0 radical (unpaired) electrons. The van der Waals surface area contributed by atoms with Crippen LogP contribution in [0.3, 0.4) is 0 Å². The van der Waals surface area contributed by atoms with Gasteiger partial charge >= 0.3 is 0 Å². The molecule has 1 aromatic carbocycles. The van der Waals surface area contributed by atoms with Crippen LogP contribution in [-0.4, -0.2) is 63.4 Å². The van der Waals surface area contributed by atoms with E-state index >= 15 is 0 Å². The second-order valence-corrected chi connectivity index (χ2v) is 9.58. The molecule has 2 fully saturated rings. The van der Waals surface area contributed by atoms with Gasteiger partial charge in [-0.05, 0) is 55.5 Å². The second kappa shape index (κ2) is 8.16. The highest BCUT2D eigenvalue weighted by Crippen LogP contribution is 2.22. The van der Waals surface area contributed by atoms with Crippen molar-refractivity contribution in [2.24, 2.45) is 5.92 Å². The van der Waals surface area contributed by atoms with Crippen LogP contribution in [0.25, 0.3) is 0 Å². The summed E-state index contributed by atoms with van der Waals surface area (Å²) in [6.07, 6.45) is 2.54. The van der Waals surface area contributed by atoms with Crippen molar-refractivity contribution in [3.05, 3.63) is 29.8 Å². The van der Waals surface area contributed by atoms with Gasteiger partial charge in [-0.2, -0.15) is 4.31 Å². The predicted octanol–water partition coefficient (Wildman–Crippen LogP) is 2.12. The number of hydrogen-bond acceptors (Lipinski definition) is 4. The molecule has 140 valence electrons. The molecular formula is C19H31N3O2S. The van der Waals surface area contributed by atoms with Gasteiger partial charge in [0, 0.05) is 32.7 Å². The molecule has 6 heteroatoms. The lowest BCUT2D eigenvalue weighted by Crippen LogP contribution is -2.50. The molecular weight excluding hydrogens is 334 g/mol. The van der Waals surface area contributed by atoms with Crippen molar-refractivity contribution >= 4 is 10.0 Å². The van der Waals surface area contributed by atoms with Crippen molar-refractivity contribution in [2.75, 3.05) is 45.8 Å². The zero-order chi connectivity index (χ0) is 17.9. The number of hydrogen-bond donors (Lipinski definition) is 1. The van der Waals surface area contributed by atoms with Crippen LogP contribution >= 0.6 is 0 Å². The normalized spacial score (nSPS) is 23.9. The number of piperidine rings is 1. The number of benzene rings is 1. The van der Waals surface area contributed by atoms with E-state index in [0.29, 0.717) is 29.8 Å². The Hall–Kier alpha value is -0.950. The number of nitrogens with zero attached hydrogens (tertiary/aromatic N) is 2. The minimum atomic E-state index is -3.37. The van der Waals surface area contributed by atoms with Crippen LogP contribution in [0.1, 0.15) is 38.2 Å². The molecule has 1 N–H and O–H groups in total. The van der Waals surface area contributed by atoms with E-state index in [0.717, 1.165) is 32.7 Å². The number of piperazine rings is 1. The maximum absolute atomic E-state index is 12.9. The number of nitrogens with one attached hydrogen (secondary N) is 1. The Morgan fingerprint density at radius 3 is 2.36 bits per heavy atom. The quantitative estimate of drug-likeness (QED) is 0.868. The maximum Gasteiger partial charge on any atom is 0.243 e. The monoisotopic (exact) mass is 365 g/mol.